The van der Waals surface area contributed by atoms with E-state index in [9.17, 15) is 19.2 Å². The number of nitrogens with zero attached hydrogens (tertiary/aromatic N) is 1. The fourth-order valence-electron chi connectivity index (χ4n) is 7.04. The zero-order valence-corrected chi connectivity index (χ0v) is 23.2. The second kappa shape index (κ2) is 9.80. The van der Waals surface area contributed by atoms with Crippen LogP contribution in [0.2, 0.25) is 0 Å². The van der Waals surface area contributed by atoms with E-state index in [1.54, 1.807) is 24.3 Å². The van der Waals surface area contributed by atoms with Gasteiger partial charge >= 0.3 is 5.97 Å². The number of hydrogen-bond donors (Lipinski definition) is 1. The molecule has 0 aromatic heterocycles. The molecule has 1 heterocycles. The lowest BCUT2D eigenvalue weighted by Crippen LogP contribution is -2.41. The second-order valence-corrected chi connectivity index (χ2v) is 11.2. The number of nitrogens with one attached hydrogen (secondary N) is 1. The first-order chi connectivity index (χ1) is 20.4. The number of hydrogen-bond acceptors (Lipinski definition) is 5. The van der Waals surface area contributed by atoms with Crippen molar-refractivity contribution in [1.82, 2.24) is 0 Å². The van der Waals surface area contributed by atoms with Gasteiger partial charge in [0, 0.05) is 17.5 Å². The Morgan fingerprint density at radius 1 is 0.714 bits per heavy atom. The lowest BCUT2D eigenvalue weighted by atomic mass is 9.55. The Morgan fingerprint density at radius 2 is 1.24 bits per heavy atom. The summed E-state index contributed by atoms with van der Waals surface area (Å²) in [4.78, 5) is 55.4. The summed E-state index contributed by atoms with van der Waals surface area (Å²) in [7, 11) is 0. The first-order valence-electron chi connectivity index (χ1n) is 14.0. The van der Waals surface area contributed by atoms with Gasteiger partial charge in [-0.15, -0.1) is 0 Å². The highest BCUT2D eigenvalue weighted by molar-refractivity contribution is 6.25. The molecule has 1 N–H and O–H groups in total. The van der Waals surface area contributed by atoms with Crippen molar-refractivity contribution in [3.05, 3.63) is 130 Å². The van der Waals surface area contributed by atoms with Crippen LogP contribution in [0.25, 0.3) is 0 Å². The average molecular weight is 557 g/mol. The molecule has 42 heavy (non-hydrogen) atoms. The van der Waals surface area contributed by atoms with Gasteiger partial charge in [0.05, 0.1) is 23.1 Å². The molecular formula is C35H28N2O5. The van der Waals surface area contributed by atoms with E-state index in [0.29, 0.717) is 5.69 Å². The van der Waals surface area contributed by atoms with E-state index in [-0.39, 0.29) is 34.9 Å². The van der Waals surface area contributed by atoms with Gasteiger partial charge in [0.25, 0.3) is 5.91 Å². The van der Waals surface area contributed by atoms with Crippen molar-refractivity contribution in [1.29, 1.82) is 0 Å². The highest BCUT2D eigenvalue weighted by Gasteiger charge is 2.62. The SMILES string of the molecule is Cc1cccc(NC(=O)COC(=O)c2ccccc2N2C(=O)[C@@H]3C4c5ccccc5C(c5ccccc54)[C@@H]3C2=O)c1C. The highest BCUT2D eigenvalue weighted by Crippen LogP contribution is 2.61. The van der Waals surface area contributed by atoms with Crippen LogP contribution in [-0.2, 0) is 19.1 Å². The molecule has 2 bridgehead atoms. The van der Waals surface area contributed by atoms with E-state index in [1.165, 1.54) is 11.0 Å². The van der Waals surface area contributed by atoms with Gasteiger partial charge in [-0.1, -0.05) is 72.8 Å². The fraction of sp³-hybridized carbons (Fsp3) is 0.200. The van der Waals surface area contributed by atoms with Gasteiger partial charge in [-0.05, 0) is 65.4 Å². The summed E-state index contributed by atoms with van der Waals surface area (Å²) in [6.07, 6.45) is 0. The standard InChI is InChI=1S/C35H28N2O5/c1-19-10-9-16-26(20(19)2)36-28(38)18-42-35(41)25-15-7-8-17-27(25)37-33(39)31-29-21-11-3-4-12-22(21)30(32(31)34(37)40)24-14-6-5-13-23(24)29/h3-17,29-32H,18H2,1-2H3,(H,36,38)/t29?,30?,31-,32+. The van der Waals surface area contributed by atoms with Crippen molar-refractivity contribution < 1.29 is 23.9 Å². The third-order valence-electron chi connectivity index (χ3n) is 9.03. The number of carbonyl (C=O) groups excluding carboxylic acids is 4. The van der Waals surface area contributed by atoms with Crippen LogP contribution in [0.15, 0.2) is 91.0 Å². The van der Waals surface area contributed by atoms with Crippen molar-refractivity contribution in [3.63, 3.8) is 0 Å². The molecule has 7 nitrogen and oxygen atoms in total. The first kappa shape index (κ1) is 25.9. The number of esters is 1. The zero-order chi connectivity index (χ0) is 29.1. The van der Waals surface area contributed by atoms with Crippen LogP contribution in [-0.4, -0.2) is 30.3 Å². The Kier molecular flexibility index (Phi) is 6.04. The molecular weight excluding hydrogens is 528 g/mol. The number of rotatable bonds is 5. The summed E-state index contributed by atoms with van der Waals surface area (Å²) >= 11 is 0. The van der Waals surface area contributed by atoms with E-state index >= 15 is 0 Å². The predicted octanol–water partition coefficient (Wildman–Crippen LogP) is 5.50. The maximum atomic E-state index is 14.2. The number of benzene rings is 4. The number of imide groups is 1. The van der Waals surface area contributed by atoms with Gasteiger partial charge < -0.3 is 10.1 Å². The Morgan fingerprint density at radius 3 is 1.81 bits per heavy atom. The van der Waals surface area contributed by atoms with Crippen molar-refractivity contribution in [2.45, 2.75) is 25.7 Å². The monoisotopic (exact) mass is 556 g/mol. The molecule has 1 saturated heterocycles. The molecule has 4 aliphatic rings. The van der Waals surface area contributed by atoms with Gasteiger partial charge in [0.15, 0.2) is 6.61 Å². The molecule has 1 aliphatic heterocycles. The molecule has 2 atom stereocenters. The Bertz CT molecular complexity index is 1700. The summed E-state index contributed by atoms with van der Waals surface area (Å²) < 4.78 is 5.38. The minimum Gasteiger partial charge on any atom is -0.452 e. The van der Waals surface area contributed by atoms with Gasteiger partial charge in [0.2, 0.25) is 11.8 Å². The van der Waals surface area contributed by atoms with E-state index in [1.807, 2.05) is 74.5 Å². The second-order valence-electron chi connectivity index (χ2n) is 11.2. The van der Waals surface area contributed by atoms with E-state index in [4.69, 9.17) is 4.74 Å². The van der Waals surface area contributed by atoms with Gasteiger partial charge in [0.1, 0.15) is 0 Å². The van der Waals surface area contributed by atoms with Gasteiger partial charge in [-0.2, -0.15) is 0 Å². The number of aryl methyl sites for hydroxylation is 1. The molecule has 0 radical (unpaired) electrons. The summed E-state index contributed by atoms with van der Waals surface area (Å²) in [6, 6.07) is 28.1. The van der Waals surface area contributed by atoms with Crippen LogP contribution in [0, 0.1) is 25.7 Å². The highest BCUT2D eigenvalue weighted by atomic mass is 16.5. The summed E-state index contributed by atoms with van der Waals surface area (Å²) in [5.74, 6) is -3.55. The molecule has 7 heteroatoms. The Balaban J connectivity index is 1.17. The largest absolute Gasteiger partial charge is 0.452 e. The topological polar surface area (TPSA) is 92.8 Å². The molecule has 3 amide bonds. The average Bonchev–Trinajstić information content (AvgIpc) is 3.28. The molecule has 0 spiro atoms. The molecule has 4 aromatic rings. The van der Waals surface area contributed by atoms with Crippen LogP contribution in [0.4, 0.5) is 11.4 Å². The molecule has 8 rings (SSSR count). The fourth-order valence-corrected chi connectivity index (χ4v) is 7.04. The molecule has 3 aliphatic carbocycles. The molecule has 4 aromatic carbocycles. The zero-order valence-electron chi connectivity index (χ0n) is 23.2. The third-order valence-corrected chi connectivity index (χ3v) is 9.03. The summed E-state index contributed by atoms with van der Waals surface area (Å²) in [6.45, 7) is 3.34. The van der Waals surface area contributed by atoms with E-state index in [2.05, 4.69) is 5.32 Å². The van der Waals surface area contributed by atoms with Crippen LogP contribution in [0.1, 0.15) is 55.6 Å². The number of ether oxygens (including phenoxy) is 1. The Hall–Kier alpha value is -5.04. The third kappa shape index (κ3) is 3.80. The lowest BCUT2D eigenvalue weighted by molar-refractivity contribution is -0.122. The molecule has 208 valence electrons. The van der Waals surface area contributed by atoms with Crippen LogP contribution in [0.5, 0.6) is 0 Å². The quantitative estimate of drug-likeness (QED) is 0.259. The first-order valence-corrected chi connectivity index (χ1v) is 14.0. The van der Waals surface area contributed by atoms with Crippen molar-refractivity contribution in [2.24, 2.45) is 11.8 Å². The summed E-state index contributed by atoms with van der Waals surface area (Å²) in [5.41, 5.74) is 7.13. The number of para-hydroxylation sites is 1. The van der Waals surface area contributed by atoms with Crippen molar-refractivity contribution in [2.75, 3.05) is 16.8 Å². The van der Waals surface area contributed by atoms with Crippen molar-refractivity contribution >= 4 is 35.1 Å². The maximum Gasteiger partial charge on any atom is 0.340 e. The van der Waals surface area contributed by atoms with Crippen LogP contribution in [0.3, 0.4) is 0 Å². The van der Waals surface area contributed by atoms with E-state index < -0.39 is 30.3 Å². The smallest absolute Gasteiger partial charge is 0.340 e. The maximum absolute atomic E-state index is 14.2. The number of carbonyl (C=O) groups is 4. The van der Waals surface area contributed by atoms with Crippen LogP contribution < -0.4 is 10.2 Å². The molecule has 0 saturated carbocycles. The Labute approximate surface area is 243 Å². The van der Waals surface area contributed by atoms with Gasteiger partial charge in [-0.3, -0.25) is 14.4 Å². The summed E-state index contributed by atoms with van der Waals surface area (Å²) in [5, 5.41) is 2.77. The molecule has 1 fully saturated rings. The number of amides is 3. The van der Waals surface area contributed by atoms with Crippen molar-refractivity contribution in [3.8, 4) is 0 Å². The molecule has 0 unspecified atom stereocenters. The van der Waals surface area contributed by atoms with E-state index in [0.717, 1.165) is 33.4 Å². The van der Waals surface area contributed by atoms with Crippen LogP contribution >= 0.6 is 0 Å². The lowest BCUT2D eigenvalue weighted by Gasteiger charge is -2.45. The number of anilines is 2. The normalized spacial score (nSPS) is 21.4. The van der Waals surface area contributed by atoms with Gasteiger partial charge in [-0.25, -0.2) is 9.69 Å². The minimum absolute atomic E-state index is 0.0553. The predicted molar refractivity (Wildman–Crippen MR) is 157 cm³/mol. The minimum atomic E-state index is -0.785.